The maximum absolute atomic E-state index is 13.2. The van der Waals surface area contributed by atoms with Crippen LogP contribution in [0.3, 0.4) is 0 Å². The minimum absolute atomic E-state index is 0.00821. The topological polar surface area (TPSA) is 52.7 Å². The first-order valence-electron chi connectivity index (χ1n) is 9.25. The number of benzene rings is 2. The summed E-state index contributed by atoms with van der Waals surface area (Å²) in [5.74, 6) is -0.599. The highest BCUT2D eigenvalue weighted by Gasteiger charge is 2.24. The number of amides is 2. The Hall–Kier alpha value is -2.48. The Morgan fingerprint density at radius 2 is 1.83 bits per heavy atom. The number of halogens is 2. The van der Waals surface area contributed by atoms with E-state index in [9.17, 15) is 14.0 Å². The summed E-state index contributed by atoms with van der Waals surface area (Å²) in [4.78, 5) is 29.5. The molecular formula is C21H19ClFN3O2S. The lowest BCUT2D eigenvalue weighted by molar-refractivity contribution is -0.117. The van der Waals surface area contributed by atoms with Gasteiger partial charge in [-0.2, -0.15) is 0 Å². The molecule has 0 unspecified atom stereocenters. The summed E-state index contributed by atoms with van der Waals surface area (Å²) in [5, 5.41) is 4.24. The Morgan fingerprint density at radius 1 is 1.07 bits per heavy atom. The van der Waals surface area contributed by atoms with Gasteiger partial charge in [0.05, 0.1) is 11.4 Å². The van der Waals surface area contributed by atoms with Crippen molar-refractivity contribution in [2.45, 2.75) is 0 Å². The van der Waals surface area contributed by atoms with Gasteiger partial charge in [0.15, 0.2) is 0 Å². The highest BCUT2D eigenvalue weighted by Crippen LogP contribution is 2.31. The lowest BCUT2D eigenvalue weighted by Crippen LogP contribution is -2.50. The van der Waals surface area contributed by atoms with Crippen molar-refractivity contribution in [1.29, 1.82) is 0 Å². The average Bonchev–Trinajstić information content (AvgIpc) is 3.14. The standard InChI is InChI=1S/C21H19ClFN3O2S/c22-17-5-2-6-18-16(17)12-19(29-18)21(28)26-9-7-25(8-10-26)13-20(27)24-15-4-1-3-14(23)11-15/h1-6,11-12H,7-10,13H2,(H,24,27). The predicted molar refractivity (Wildman–Crippen MR) is 114 cm³/mol. The Bertz CT molecular complexity index is 1060. The van der Waals surface area contributed by atoms with Crippen molar-refractivity contribution in [3.8, 4) is 0 Å². The molecule has 0 saturated carbocycles. The van der Waals surface area contributed by atoms with Gasteiger partial charge in [0, 0.05) is 47.0 Å². The molecule has 2 amide bonds. The van der Waals surface area contributed by atoms with Crippen molar-refractivity contribution in [3.63, 3.8) is 0 Å². The third kappa shape index (κ3) is 4.58. The third-order valence-corrected chi connectivity index (χ3v) is 6.27. The van der Waals surface area contributed by atoms with Crippen LogP contribution in [-0.4, -0.2) is 54.3 Å². The summed E-state index contributed by atoms with van der Waals surface area (Å²) in [6.07, 6.45) is 0. The first kappa shape index (κ1) is 19.8. The van der Waals surface area contributed by atoms with Gasteiger partial charge in [-0.15, -0.1) is 11.3 Å². The van der Waals surface area contributed by atoms with Gasteiger partial charge in [-0.3, -0.25) is 14.5 Å². The molecule has 3 aromatic rings. The summed E-state index contributed by atoms with van der Waals surface area (Å²) in [5.41, 5.74) is 0.437. The minimum atomic E-state index is -0.391. The summed E-state index contributed by atoms with van der Waals surface area (Å²) in [7, 11) is 0. The number of nitrogens with one attached hydrogen (secondary N) is 1. The Labute approximate surface area is 176 Å². The van der Waals surface area contributed by atoms with Gasteiger partial charge in [0.2, 0.25) is 5.91 Å². The maximum Gasteiger partial charge on any atom is 0.264 e. The lowest BCUT2D eigenvalue weighted by atomic mass is 10.2. The van der Waals surface area contributed by atoms with E-state index in [-0.39, 0.29) is 18.4 Å². The van der Waals surface area contributed by atoms with E-state index in [0.717, 1.165) is 10.1 Å². The van der Waals surface area contributed by atoms with Crippen LogP contribution in [0.2, 0.25) is 5.02 Å². The van der Waals surface area contributed by atoms with Crippen molar-refractivity contribution in [1.82, 2.24) is 9.80 Å². The number of piperazine rings is 1. The van der Waals surface area contributed by atoms with Crippen LogP contribution >= 0.6 is 22.9 Å². The molecule has 1 aliphatic rings. The number of thiophene rings is 1. The number of nitrogens with zero attached hydrogens (tertiary/aromatic N) is 2. The Balaban J connectivity index is 1.32. The number of rotatable bonds is 4. The van der Waals surface area contributed by atoms with E-state index in [0.29, 0.717) is 41.8 Å². The predicted octanol–water partition coefficient (Wildman–Crippen LogP) is 4.09. The van der Waals surface area contributed by atoms with Gasteiger partial charge in [-0.25, -0.2) is 4.39 Å². The molecule has 5 nitrogen and oxygen atoms in total. The molecule has 0 spiro atoms. The summed E-state index contributed by atoms with van der Waals surface area (Å²) >= 11 is 7.65. The summed E-state index contributed by atoms with van der Waals surface area (Å²) < 4.78 is 14.2. The fourth-order valence-electron chi connectivity index (χ4n) is 3.37. The van der Waals surface area contributed by atoms with Crippen LogP contribution in [-0.2, 0) is 4.79 Å². The monoisotopic (exact) mass is 431 g/mol. The highest BCUT2D eigenvalue weighted by atomic mass is 35.5. The van der Waals surface area contributed by atoms with Gasteiger partial charge in [0.1, 0.15) is 5.82 Å². The van der Waals surface area contributed by atoms with Crippen molar-refractivity contribution < 1.29 is 14.0 Å². The van der Waals surface area contributed by atoms with Gasteiger partial charge >= 0.3 is 0 Å². The van der Waals surface area contributed by atoms with Crippen LogP contribution in [0.4, 0.5) is 10.1 Å². The Kier molecular flexibility index (Phi) is 5.80. The fourth-order valence-corrected chi connectivity index (χ4v) is 4.71. The quantitative estimate of drug-likeness (QED) is 0.677. The molecule has 29 heavy (non-hydrogen) atoms. The third-order valence-electron chi connectivity index (χ3n) is 4.85. The van der Waals surface area contributed by atoms with Crippen LogP contribution in [0, 0.1) is 5.82 Å². The van der Waals surface area contributed by atoms with E-state index in [2.05, 4.69) is 5.32 Å². The van der Waals surface area contributed by atoms with Crippen molar-refractivity contribution in [2.75, 3.05) is 38.0 Å². The zero-order valence-electron chi connectivity index (χ0n) is 15.5. The van der Waals surface area contributed by atoms with Gasteiger partial charge in [0.25, 0.3) is 5.91 Å². The van der Waals surface area contributed by atoms with Crippen LogP contribution in [0.25, 0.3) is 10.1 Å². The maximum atomic E-state index is 13.2. The molecule has 1 aliphatic heterocycles. The molecule has 2 aromatic carbocycles. The number of fused-ring (bicyclic) bond motifs is 1. The van der Waals surface area contributed by atoms with Crippen LogP contribution in [0.15, 0.2) is 48.5 Å². The molecule has 150 valence electrons. The zero-order valence-corrected chi connectivity index (χ0v) is 17.1. The first-order chi connectivity index (χ1) is 14.0. The first-order valence-corrected chi connectivity index (χ1v) is 10.4. The highest BCUT2D eigenvalue weighted by molar-refractivity contribution is 7.20. The van der Waals surface area contributed by atoms with Crippen LogP contribution in [0.1, 0.15) is 9.67 Å². The molecule has 1 aromatic heterocycles. The van der Waals surface area contributed by atoms with E-state index >= 15 is 0 Å². The molecule has 0 bridgehead atoms. The number of anilines is 1. The molecular weight excluding hydrogens is 413 g/mol. The average molecular weight is 432 g/mol. The molecule has 1 N–H and O–H groups in total. The van der Waals surface area contributed by atoms with Crippen molar-refractivity contribution >= 4 is 50.5 Å². The largest absolute Gasteiger partial charge is 0.335 e. The fraction of sp³-hybridized carbons (Fsp3) is 0.238. The number of carbonyl (C=O) groups excluding carboxylic acids is 2. The van der Waals surface area contributed by atoms with E-state index in [4.69, 9.17) is 11.6 Å². The van der Waals surface area contributed by atoms with E-state index < -0.39 is 5.82 Å². The molecule has 2 heterocycles. The van der Waals surface area contributed by atoms with E-state index in [1.807, 2.05) is 29.2 Å². The molecule has 1 fully saturated rings. The lowest BCUT2D eigenvalue weighted by Gasteiger charge is -2.34. The Morgan fingerprint density at radius 3 is 2.55 bits per heavy atom. The summed E-state index contributed by atoms with van der Waals surface area (Å²) in [6.45, 7) is 2.51. The molecule has 0 atom stereocenters. The smallest absolute Gasteiger partial charge is 0.264 e. The number of carbonyl (C=O) groups is 2. The molecule has 0 aliphatic carbocycles. The minimum Gasteiger partial charge on any atom is -0.335 e. The zero-order chi connectivity index (χ0) is 20.4. The van der Waals surface area contributed by atoms with Crippen molar-refractivity contribution in [3.05, 3.63) is 64.2 Å². The second-order valence-corrected chi connectivity index (χ2v) is 8.38. The van der Waals surface area contributed by atoms with Crippen molar-refractivity contribution in [2.24, 2.45) is 0 Å². The van der Waals surface area contributed by atoms with Gasteiger partial charge < -0.3 is 10.2 Å². The van der Waals surface area contributed by atoms with Crippen LogP contribution in [0.5, 0.6) is 0 Å². The molecule has 8 heteroatoms. The molecule has 0 radical (unpaired) electrons. The van der Waals surface area contributed by atoms with Crippen LogP contribution < -0.4 is 5.32 Å². The van der Waals surface area contributed by atoms with E-state index in [1.54, 1.807) is 17.0 Å². The second kappa shape index (κ2) is 8.49. The van der Waals surface area contributed by atoms with Gasteiger partial charge in [-0.1, -0.05) is 23.7 Å². The molecule has 1 saturated heterocycles. The second-order valence-electron chi connectivity index (χ2n) is 6.89. The summed E-state index contributed by atoms with van der Waals surface area (Å²) in [6, 6.07) is 13.3. The molecule has 4 rings (SSSR count). The SMILES string of the molecule is O=C(CN1CCN(C(=O)c2cc3c(Cl)cccc3s2)CC1)Nc1cccc(F)c1. The number of hydrogen-bond donors (Lipinski definition) is 1. The number of hydrogen-bond acceptors (Lipinski definition) is 4. The van der Waals surface area contributed by atoms with Gasteiger partial charge in [-0.05, 0) is 36.4 Å². The normalized spacial score (nSPS) is 14.9. The van der Waals surface area contributed by atoms with E-state index in [1.165, 1.54) is 23.5 Å².